The molecule has 0 bridgehead atoms. The Morgan fingerprint density at radius 1 is 0.815 bits per heavy atom. The van der Waals surface area contributed by atoms with Gasteiger partial charge >= 0.3 is 0 Å². The van der Waals surface area contributed by atoms with E-state index < -0.39 is 0 Å². The first-order valence-corrected chi connectivity index (χ1v) is 10.2. The van der Waals surface area contributed by atoms with Gasteiger partial charge in [0, 0.05) is 24.7 Å². The smallest absolute Gasteiger partial charge is 0.253 e. The highest BCUT2D eigenvalue weighted by Crippen LogP contribution is 2.28. The molecule has 2 atom stereocenters. The van der Waals surface area contributed by atoms with Gasteiger partial charge in [0.05, 0.1) is 40.4 Å². The molecule has 0 aliphatic heterocycles. The van der Waals surface area contributed by atoms with Gasteiger partial charge in [-0.25, -0.2) is 18.3 Å². The third kappa shape index (κ3) is 5.22. The van der Waals surface area contributed by atoms with E-state index in [4.69, 9.17) is 4.74 Å². The fraction of sp³-hybridized carbons (Fsp3) is 0.727. The van der Waals surface area contributed by atoms with Gasteiger partial charge in [-0.1, -0.05) is 27.7 Å². The Morgan fingerprint density at radius 2 is 1.19 bits per heavy atom. The van der Waals surface area contributed by atoms with Crippen molar-refractivity contribution < 1.29 is 13.9 Å². The van der Waals surface area contributed by atoms with Gasteiger partial charge in [-0.2, -0.15) is 0 Å². The summed E-state index contributed by atoms with van der Waals surface area (Å²) >= 11 is 0. The summed E-state index contributed by atoms with van der Waals surface area (Å²) in [5.41, 5.74) is 0.280. The Morgan fingerprint density at radius 3 is 1.44 bits per heavy atom. The highest BCUT2D eigenvalue weighted by Gasteiger charge is 2.31. The SMILES string of the molecule is CCC(C)(COCC(C)(CC)Cn1cc[n+](C)c1C)Cn1cc[n+](C)c1C. The fourth-order valence-corrected chi connectivity index (χ4v) is 3.42. The molecule has 0 N–H and O–H groups in total. The molecule has 0 amide bonds. The minimum absolute atomic E-state index is 0.140. The highest BCUT2D eigenvalue weighted by atomic mass is 16.5. The van der Waals surface area contributed by atoms with Crippen molar-refractivity contribution in [3.63, 3.8) is 0 Å². The van der Waals surface area contributed by atoms with Gasteiger partial charge in [-0.15, -0.1) is 0 Å². The number of aromatic nitrogens is 4. The summed E-state index contributed by atoms with van der Waals surface area (Å²) in [6.45, 7) is 17.1. The van der Waals surface area contributed by atoms with Crippen LogP contribution in [0, 0.1) is 24.7 Å². The lowest BCUT2D eigenvalue weighted by Crippen LogP contribution is -2.36. The van der Waals surface area contributed by atoms with Gasteiger partial charge in [0.2, 0.25) is 0 Å². The average molecular weight is 377 g/mol. The third-order valence-electron chi connectivity index (χ3n) is 6.50. The number of ether oxygens (including phenoxy) is 1. The van der Waals surface area contributed by atoms with Crippen LogP contribution in [0.3, 0.4) is 0 Å². The predicted octanol–water partition coefficient (Wildman–Crippen LogP) is 3.10. The van der Waals surface area contributed by atoms with Crippen molar-refractivity contribution in [3.05, 3.63) is 36.4 Å². The van der Waals surface area contributed by atoms with Gasteiger partial charge in [0.25, 0.3) is 11.6 Å². The van der Waals surface area contributed by atoms with Crippen molar-refractivity contribution in [2.45, 2.75) is 67.5 Å². The van der Waals surface area contributed by atoms with E-state index in [0.717, 1.165) is 39.1 Å². The molecular formula is C22H40N4O+2. The second kappa shape index (κ2) is 8.59. The monoisotopic (exact) mass is 376 g/mol. The van der Waals surface area contributed by atoms with Crippen molar-refractivity contribution in [2.75, 3.05) is 13.2 Å². The molecule has 0 fully saturated rings. The molecule has 2 heterocycles. The van der Waals surface area contributed by atoms with Crippen LogP contribution in [-0.2, 0) is 31.9 Å². The molecule has 0 saturated carbocycles. The van der Waals surface area contributed by atoms with Crippen LogP contribution in [0.25, 0.3) is 0 Å². The van der Waals surface area contributed by atoms with Crippen LogP contribution < -0.4 is 9.13 Å². The summed E-state index contributed by atoms with van der Waals surface area (Å²) < 4.78 is 15.4. The Balaban J connectivity index is 1.98. The highest BCUT2D eigenvalue weighted by molar-refractivity contribution is 4.86. The first-order chi connectivity index (χ1) is 12.6. The molecule has 0 aliphatic rings. The molecule has 0 aliphatic carbocycles. The Bertz CT molecular complexity index is 685. The van der Waals surface area contributed by atoms with E-state index in [1.807, 2.05) is 0 Å². The number of aryl methyl sites for hydroxylation is 2. The maximum absolute atomic E-state index is 6.34. The summed E-state index contributed by atoms with van der Waals surface area (Å²) in [5.74, 6) is 2.56. The number of hydrogen-bond acceptors (Lipinski definition) is 1. The molecule has 0 aromatic carbocycles. The van der Waals surface area contributed by atoms with Crippen LogP contribution in [0.5, 0.6) is 0 Å². The van der Waals surface area contributed by atoms with Crippen LogP contribution in [0.2, 0.25) is 0 Å². The Kier molecular flexibility index (Phi) is 6.90. The van der Waals surface area contributed by atoms with E-state index in [1.165, 1.54) is 11.6 Å². The largest absolute Gasteiger partial charge is 0.380 e. The zero-order chi connectivity index (χ0) is 20.2. The molecule has 2 aromatic heterocycles. The summed E-state index contributed by atoms with van der Waals surface area (Å²) in [6, 6.07) is 0. The average Bonchev–Trinajstić information content (AvgIpc) is 3.12. The van der Waals surface area contributed by atoms with Gasteiger partial charge in [-0.05, 0) is 12.8 Å². The molecule has 152 valence electrons. The Labute approximate surface area is 165 Å². The molecule has 2 rings (SSSR count). The second-order valence-corrected chi connectivity index (χ2v) is 8.99. The molecule has 2 unspecified atom stereocenters. The van der Waals surface area contributed by atoms with Crippen molar-refractivity contribution in [1.29, 1.82) is 0 Å². The van der Waals surface area contributed by atoms with Gasteiger partial charge in [-0.3, -0.25) is 0 Å². The minimum Gasteiger partial charge on any atom is -0.380 e. The van der Waals surface area contributed by atoms with Gasteiger partial charge in [0.1, 0.15) is 24.8 Å². The number of nitrogens with zero attached hydrogens (tertiary/aromatic N) is 4. The fourth-order valence-electron chi connectivity index (χ4n) is 3.42. The lowest BCUT2D eigenvalue weighted by Gasteiger charge is -2.31. The summed E-state index contributed by atoms with van der Waals surface area (Å²) in [6.07, 6.45) is 10.8. The molecular weight excluding hydrogens is 336 g/mol. The molecule has 27 heavy (non-hydrogen) atoms. The van der Waals surface area contributed by atoms with Crippen LogP contribution in [0.1, 0.15) is 52.2 Å². The minimum atomic E-state index is 0.140. The molecule has 0 spiro atoms. The lowest BCUT2D eigenvalue weighted by molar-refractivity contribution is -0.677. The normalized spacial score (nSPS) is 16.3. The topological polar surface area (TPSA) is 26.8 Å². The molecule has 0 saturated heterocycles. The van der Waals surface area contributed by atoms with E-state index in [0.29, 0.717) is 0 Å². The molecule has 5 heteroatoms. The van der Waals surface area contributed by atoms with E-state index in [-0.39, 0.29) is 10.8 Å². The maximum atomic E-state index is 6.34. The van der Waals surface area contributed by atoms with Crippen molar-refractivity contribution >= 4 is 0 Å². The first kappa shape index (κ1) is 21.7. The van der Waals surface area contributed by atoms with Crippen molar-refractivity contribution in [3.8, 4) is 0 Å². The van der Waals surface area contributed by atoms with E-state index in [2.05, 4.69) is 98.7 Å². The zero-order valence-corrected chi connectivity index (χ0v) is 18.7. The van der Waals surface area contributed by atoms with E-state index in [1.54, 1.807) is 0 Å². The Hall–Kier alpha value is -1.62. The maximum Gasteiger partial charge on any atom is 0.253 e. The second-order valence-electron chi connectivity index (χ2n) is 8.99. The number of rotatable bonds is 10. The van der Waals surface area contributed by atoms with Gasteiger partial charge < -0.3 is 4.74 Å². The van der Waals surface area contributed by atoms with Gasteiger partial charge in [0.15, 0.2) is 0 Å². The van der Waals surface area contributed by atoms with Crippen molar-refractivity contribution in [1.82, 2.24) is 9.13 Å². The zero-order valence-electron chi connectivity index (χ0n) is 18.7. The summed E-state index contributed by atoms with van der Waals surface area (Å²) in [7, 11) is 4.20. The molecule has 5 nitrogen and oxygen atoms in total. The van der Waals surface area contributed by atoms with Crippen LogP contribution >= 0.6 is 0 Å². The lowest BCUT2D eigenvalue weighted by atomic mass is 9.86. The third-order valence-corrected chi connectivity index (χ3v) is 6.50. The standard InChI is InChI=1S/C22H40N4O/c1-9-21(5,15-25-13-11-23(7)19(25)3)17-27-18-22(6,10-2)16-26-14-12-24(8)20(26)4/h11-14H,9-10,15-18H2,1-8H3/q+2. The van der Waals surface area contributed by atoms with Crippen LogP contribution in [0.15, 0.2) is 24.8 Å². The quantitative estimate of drug-likeness (QED) is 0.585. The molecule has 0 radical (unpaired) electrons. The molecule has 2 aromatic rings. The van der Waals surface area contributed by atoms with Crippen LogP contribution in [-0.4, -0.2) is 22.3 Å². The van der Waals surface area contributed by atoms with E-state index in [9.17, 15) is 0 Å². The van der Waals surface area contributed by atoms with E-state index >= 15 is 0 Å². The summed E-state index contributed by atoms with van der Waals surface area (Å²) in [4.78, 5) is 0. The first-order valence-electron chi connectivity index (χ1n) is 10.2. The predicted molar refractivity (Wildman–Crippen MR) is 108 cm³/mol. The van der Waals surface area contributed by atoms with Crippen molar-refractivity contribution in [2.24, 2.45) is 24.9 Å². The number of imidazole rings is 2. The van der Waals surface area contributed by atoms with Crippen LogP contribution in [0.4, 0.5) is 0 Å². The number of hydrogen-bond donors (Lipinski definition) is 0. The summed E-state index contributed by atoms with van der Waals surface area (Å²) in [5, 5.41) is 0.